The molecule has 20 heavy (non-hydrogen) atoms. The van der Waals surface area contributed by atoms with Gasteiger partial charge in [0.05, 0.1) is 5.56 Å². The molecule has 0 aliphatic carbocycles. The van der Waals surface area contributed by atoms with Gasteiger partial charge >= 0.3 is 6.18 Å². The summed E-state index contributed by atoms with van der Waals surface area (Å²) in [5, 5.41) is 6.00. The van der Waals surface area contributed by atoms with Gasteiger partial charge in [-0.1, -0.05) is 12.1 Å². The molecule has 2 N–H and O–H groups in total. The van der Waals surface area contributed by atoms with Gasteiger partial charge < -0.3 is 10.6 Å². The Balaban J connectivity index is 2.02. The van der Waals surface area contributed by atoms with Crippen LogP contribution in [0.4, 0.5) is 13.2 Å². The highest BCUT2D eigenvalue weighted by Gasteiger charge is 2.31. The lowest BCUT2D eigenvalue weighted by atomic mass is 10.0. The zero-order valence-corrected chi connectivity index (χ0v) is 11.1. The van der Waals surface area contributed by atoms with E-state index in [2.05, 4.69) is 10.6 Å². The highest BCUT2D eigenvalue weighted by molar-refractivity contribution is 5.76. The molecule has 1 heterocycles. The van der Waals surface area contributed by atoms with E-state index in [0.29, 0.717) is 24.9 Å². The zero-order chi connectivity index (χ0) is 14.8. The Morgan fingerprint density at radius 3 is 2.75 bits per heavy atom. The maximum absolute atomic E-state index is 12.7. The van der Waals surface area contributed by atoms with Crippen LogP contribution >= 0.6 is 0 Å². The van der Waals surface area contributed by atoms with Crippen molar-refractivity contribution in [2.45, 2.75) is 38.0 Å². The van der Waals surface area contributed by atoms with Crippen LogP contribution in [0.2, 0.25) is 0 Å². The number of benzene rings is 1. The SMILES string of the molecule is CC(NC1CCC(=O)NC1)c1cccc(C(F)(F)F)c1. The van der Waals surface area contributed by atoms with Gasteiger partial charge in [0.1, 0.15) is 0 Å². The van der Waals surface area contributed by atoms with Gasteiger partial charge in [-0.15, -0.1) is 0 Å². The maximum atomic E-state index is 12.7. The normalized spacial score (nSPS) is 21.4. The van der Waals surface area contributed by atoms with Crippen molar-refractivity contribution in [2.75, 3.05) is 6.54 Å². The smallest absolute Gasteiger partial charge is 0.355 e. The number of carbonyl (C=O) groups excluding carboxylic acids is 1. The monoisotopic (exact) mass is 286 g/mol. The molecular formula is C14H17F3N2O. The molecule has 1 fully saturated rings. The minimum atomic E-state index is -4.32. The molecule has 1 aromatic carbocycles. The first kappa shape index (κ1) is 14.8. The second-order valence-corrected chi connectivity index (χ2v) is 5.05. The van der Waals surface area contributed by atoms with E-state index in [9.17, 15) is 18.0 Å². The first-order valence-electron chi connectivity index (χ1n) is 6.56. The molecule has 1 amide bonds. The Hall–Kier alpha value is -1.56. The largest absolute Gasteiger partial charge is 0.416 e. The Bertz CT molecular complexity index is 478. The van der Waals surface area contributed by atoms with Gasteiger partial charge in [0, 0.05) is 25.0 Å². The van der Waals surface area contributed by atoms with Gasteiger partial charge in [-0.05, 0) is 31.0 Å². The fourth-order valence-electron chi connectivity index (χ4n) is 2.31. The van der Waals surface area contributed by atoms with Crippen LogP contribution in [0.15, 0.2) is 24.3 Å². The summed E-state index contributed by atoms with van der Waals surface area (Å²) in [5.74, 6) is 0.0229. The van der Waals surface area contributed by atoms with E-state index >= 15 is 0 Å². The molecule has 2 unspecified atom stereocenters. The van der Waals surface area contributed by atoms with Crippen molar-refractivity contribution in [1.29, 1.82) is 0 Å². The molecule has 3 nitrogen and oxygen atoms in total. The summed E-state index contributed by atoms with van der Waals surface area (Å²) in [6.07, 6.45) is -3.17. The van der Waals surface area contributed by atoms with Gasteiger partial charge in [-0.25, -0.2) is 0 Å². The molecule has 1 saturated heterocycles. The number of rotatable bonds is 3. The van der Waals surface area contributed by atoms with Crippen LogP contribution < -0.4 is 10.6 Å². The standard InChI is InChI=1S/C14H17F3N2O/c1-9(19-12-5-6-13(20)18-8-12)10-3-2-4-11(7-10)14(15,16)17/h2-4,7,9,12,19H,5-6,8H2,1H3,(H,18,20). The van der Waals surface area contributed by atoms with Crippen LogP contribution in [0.1, 0.15) is 36.9 Å². The van der Waals surface area contributed by atoms with Crippen LogP contribution in [-0.2, 0) is 11.0 Å². The summed E-state index contributed by atoms with van der Waals surface area (Å²) in [5.41, 5.74) is -0.0441. The lowest BCUT2D eigenvalue weighted by Crippen LogP contribution is -2.46. The van der Waals surface area contributed by atoms with Crippen molar-refractivity contribution in [3.63, 3.8) is 0 Å². The molecule has 6 heteroatoms. The molecule has 0 aromatic heterocycles. The molecule has 1 aromatic rings. The number of nitrogens with one attached hydrogen (secondary N) is 2. The fourth-order valence-corrected chi connectivity index (χ4v) is 2.31. The van der Waals surface area contributed by atoms with Crippen molar-refractivity contribution in [3.8, 4) is 0 Å². The summed E-state index contributed by atoms with van der Waals surface area (Å²) in [4.78, 5) is 11.1. The molecule has 0 spiro atoms. The van der Waals surface area contributed by atoms with Crippen LogP contribution in [0, 0.1) is 0 Å². The number of hydrogen-bond acceptors (Lipinski definition) is 2. The third-order valence-electron chi connectivity index (χ3n) is 3.47. The van der Waals surface area contributed by atoms with Crippen molar-refractivity contribution in [2.24, 2.45) is 0 Å². The van der Waals surface area contributed by atoms with E-state index in [1.54, 1.807) is 6.07 Å². The number of piperidine rings is 1. The van der Waals surface area contributed by atoms with Crippen molar-refractivity contribution < 1.29 is 18.0 Å². The molecule has 2 atom stereocenters. The average Bonchev–Trinajstić information content (AvgIpc) is 2.40. The Morgan fingerprint density at radius 1 is 1.40 bits per heavy atom. The fraction of sp³-hybridized carbons (Fsp3) is 0.500. The van der Waals surface area contributed by atoms with E-state index in [1.807, 2.05) is 6.92 Å². The molecule has 2 rings (SSSR count). The number of hydrogen-bond donors (Lipinski definition) is 2. The highest BCUT2D eigenvalue weighted by atomic mass is 19.4. The number of halogens is 3. The van der Waals surface area contributed by atoms with Gasteiger partial charge in [0.2, 0.25) is 5.91 Å². The summed E-state index contributed by atoms with van der Waals surface area (Å²) in [6.45, 7) is 2.34. The molecule has 1 aliphatic heterocycles. The summed E-state index contributed by atoms with van der Waals surface area (Å²) in [7, 11) is 0. The van der Waals surface area contributed by atoms with Gasteiger partial charge in [0.15, 0.2) is 0 Å². The van der Waals surface area contributed by atoms with Crippen LogP contribution in [0.3, 0.4) is 0 Å². The van der Waals surface area contributed by atoms with E-state index in [-0.39, 0.29) is 18.0 Å². The molecule has 110 valence electrons. The van der Waals surface area contributed by atoms with E-state index < -0.39 is 11.7 Å². The second-order valence-electron chi connectivity index (χ2n) is 5.05. The third kappa shape index (κ3) is 3.72. The molecular weight excluding hydrogens is 269 g/mol. The maximum Gasteiger partial charge on any atom is 0.416 e. The van der Waals surface area contributed by atoms with Crippen LogP contribution in [0.5, 0.6) is 0 Å². The Morgan fingerprint density at radius 2 is 2.15 bits per heavy atom. The van der Waals surface area contributed by atoms with Gasteiger partial charge in [0.25, 0.3) is 0 Å². The van der Waals surface area contributed by atoms with E-state index in [1.165, 1.54) is 12.1 Å². The Labute approximate surface area is 115 Å². The zero-order valence-electron chi connectivity index (χ0n) is 11.1. The summed E-state index contributed by atoms with van der Waals surface area (Å²) < 4.78 is 38.0. The van der Waals surface area contributed by atoms with Gasteiger partial charge in [-0.3, -0.25) is 4.79 Å². The lowest BCUT2D eigenvalue weighted by molar-refractivity contribution is -0.137. The predicted octanol–water partition coefficient (Wildman–Crippen LogP) is 2.63. The van der Waals surface area contributed by atoms with Crippen molar-refractivity contribution in [1.82, 2.24) is 10.6 Å². The van der Waals surface area contributed by atoms with Crippen molar-refractivity contribution >= 4 is 5.91 Å². The minimum Gasteiger partial charge on any atom is -0.355 e. The number of alkyl halides is 3. The molecule has 0 bridgehead atoms. The quantitative estimate of drug-likeness (QED) is 0.897. The van der Waals surface area contributed by atoms with E-state index in [0.717, 1.165) is 6.07 Å². The van der Waals surface area contributed by atoms with Crippen molar-refractivity contribution in [3.05, 3.63) is 35.4 Å². The lowest BCUT2D eigenvalue weighted by Gasteiger charge is -2.27. The Kier molecular flexibility index (Phi) is 4.32. The number of carbonyl (C=O) groups is 1. The van der Waals surface area contributed by atoms with E-state index in [4.69, 9.17) is 0 Å². The topological polar surface area (TPSA) is 41.1 Å². The number of amides is 1. The second kappa shape index (κ2) is 5.83. The van der Waals surface area contributed by atoms with Gasteiger partial charge in [-0.2, -0.15) is 13.2 Å². The average molecular weight is 286 g/mol. The van der Waals surface area contributed by atoms with Crippen LogP contribution in [-0.4, -0.2) is 18.5 Å². The predicted molar refractivity (Wildman–Crippen MR) is 69.0 cm³/mol. The highest BCUT2D eigenvalue weighted by Crippen LogP contribution is 2.30. The molecule has 0 saturated carbocycles. The molecule has 1 aliphatic rings. The molecule has 0 radical (unpaired) electrons. The third-order valence-corrected chi connectivity index (χ3v) is 3.47. The van der Waals surface area contributed by atoms with Crippen LogP contribution in [0.25, 0.3) is 0 Å². The summed E-state index contributed by atoms with van der Waals surface area (Å²) in [6, 6.07) is 5.22. The minimum absolute atomic E-state index is 0.0229. The summed E-state index contributed by atoms with van der Waals surface area (Å²) >= 11 is 0. The first-order valence-corrected chi connectivity index (χ1v) is 6.56. The first-order chi connectivity index (χ1) is 9.36.